The van der Waals surface area contributed by atoms with Gasteiger partial charge >= 0.3 is 0 Å². The lowest BCUT2D eigenvalue weighted by Crippen LogP contribution is -2.34. The van der Waals surface area contributed by atoms with E-state index in [0.29, 0.717) is 18.1 Å². The lowest BCUT2D eigenvalue weighted by Gasteiger charge is -2.20. The summed E-state index contributed by atoms with van der Waals surface area (Å²) in [4.78, 5) is 22.2. The molecule has 1 amide bonds. The Hall–Kier alpha value is -1.69. The molecule has 1 saturated heterocycles. The molecule has 6 nitrogen and oxygen atoms in total. The standard InChI is InChI=1S/C13H20N4O2/c1-3-15-12-8-14-7-11(16-12)13(18)17(2)9-10-5-4-6-19-10/h7-8,10H,3-6,9H2,1-2H3,(H,15,16). The van der Waals surface area contributed by atoms with E-state index in [0.717, 1.165) is 26.0 Å². The fourth-order valence-corrected chi connectivity index (χ4v) is 2.11. The summed E-state index contributed by atoms with van der Waals surface area (Å²) >= 11 is 0. The summed E-state index contributed by atoms with van der Waals surface area (Å²) in [5.74, 6) is 0.501. The van der Waals surface area contributed by atoms with Gasteiger partial charge in [-0.25, -0.2) is 4.98 Å². The van der Waals surface area contributed by atoms with Crippen LogP contribution in [0.25, 0.3) is 0 Å². The molecule has 1 fully saturated rings. The maximum Gasteiger partial charge on any atom is 0.273 e. The number of likely N-dealkylation sites (N-methyl/N-ethyl adjacent to an activating group) is 1. The highest BCUT2D eigenvalue weighted by molar-refractivity contribution is 5.92. The second-order valence-corrected chi connectivity index (χ2v) is 4.64. The van der Waals surface area contributed by atoms with Gasteiger partial charge in [-0.15, -0.1) is 0 Å². The van der Waals surface area contributed by atoms with E-state index < -0.39 is 0 Å². The van der Waals surface area contributed by atoms with Crippen molar-refractivity contribution in [2.45, 2.75) is 25.9 Å². The fraction of sp³-hybridized carbons (Fsp3) is 0.615. The third kappa shape index (κ3) is 3.64. The Bertz CT molecular complexity index is 432. The van der Waals surface area contributed by atoms with Crippen LogP contribution in [0.15, 0.2) is 12.4 Å². The van der Waals surface area contributed by atoms with Gasteiger partial charge in [0.15, 0.2) is 0 Å². The highest BCUT2D eigenvalue weighted by Crippen LogP contribution is 2.14. The van der Waals surface area contributed by atoms with E-state index in [4.69, 9.17) is 4.74 Å². The van der Waals surface area contributed by atoms with Crippen LogP contribution in [0.5, 0.6) is 0 Å². The van der Waals surface area contributed by atoms with E-state index in [2.05, 4.69) is 15.3 Å². The number of rotatable bonds is 5. The molecule has 0 bridgehead atoms. The fourth-order valence-electron chi connectivity index (χ4n) is 2.11. The van der Waals surface area contributed by atoms with Crippen LogP contribution in [0.3, 0.4) is 0 Å². The summed E-state index contributed by atoms with van der Waals surface area (Å²) in [5.41, 5.74) is 0.360. The minimum Gasteiger partial charge on any atom is -0.376 e. The maximum absolute atomic E-state index is 12.2. The first-order chi connectivity index (χ1) is 9.20. The summed E-state index contributed by atoms with van der Waals surface area (Å²) < 4.78 is 5.53. The molecule has 1 aromatic rings. The zero-order chi connectivity index (χ0) is 13.7. The summed E-state index contributed by atoms with van der Waals surface area (Å²) in [7, 11) is 1.77. The number of anilines is 1. The van der Waals surface area contributed by atoms with Crippen molar-refractivity contribution in [2.24, 2.45) is 0 Å². The molecule has 19 heavy (non-hydrogen) atoms. The Morgan fingerprint density at radius 3 is 3.11 bits per heavy atom. The van der Waals surface area contributed by atoms with Crippen LogP contribution < -0.4 is 5.32 Å². The molecule has 6 heteroatoms. The van der Waals surface area contributed by atoms with E-state index in [9.17, 15) is 4.79 Å². The van der Waals surface area contributed by atoms with Crippen molar-refractivity contribution in [1.29, 1.82) is 0 Å². The van der Waals surface area contributed by atoms with Gasteiger partial charge in [0.2, 0.25) is 0 Å². The van der Waals surface area contributed by atoms with Gasteiger partial charge in [0.25, 0.3) is 5.91 Å². The molecule has 1 aromatic heterocycles. The van der Waals surface area contributed by atoms with E-state index in [-0.39, 0.29) is 12.0 Å². The molecule has 1 unspecified atom stereocenters. The monoisotopic (exact) mass is 264 g/mol. The number of carbonyl (C=O) groups excluding carboxylic acids is 1. The van der Waals surface area contributed by atoms with Gasteiger partial charge in [-0.05, 0) is 19.8 Å². The third-order valence-corrected chi connectivity index (χ3v) is 3.06. The molecular weight excluding hydrogens is 244 g/mol. The predicted octanol–water partition coefficient (Wildman–Crippen LogP) is 1.16. The number of carbonyl (C=O) groups is 1. The SMILES string of the molecule is CCNc1cncc(C(=O)N(C)CC2CCCO2)n1. The van der Waals surface area contributed by atoms with Gasteiger partial charge < -0.3 is 15.0 Å². The molecule has 0 aromatic carbocycles. The number of hydrogen-bond acceptors (Lipinski definition) is 5. The predicted molar refractivity (Wildman–Crippen MR) is 72.1 cm³/mol. The van der Waals surface area contributed by atoms with Crippen molar-refractivity contribution in [1.82, 2.24) is 14.9 Å². The average Bonchev–Trinajstić information content (AvgIpc) is 2.91. The van der Waals surface area contributed by atoms with Crippen LogP contribution in [-0.2, 0) is 4.74 Å². The van der Waals surface area contributed by atoms with Crippen LogP contribution in [0.4, 0.5) is 5.82 Å². The van der Waals surface area contributed by atoms with Crippen molar-refractivity contribution >= 4 is 11.7 Å². The van der Waals surface area contributed by atoms with Gasteiger partial charge in [-0.2, -0.15) is 0 Å². The van der Waals surface area contributed by atoms with Crippen molar-refractivity contribution in [3.05, 3.63) is 18.1 Å². The minimum atomic E-state index is -0.122. The van der Waals surface area contributed by atoms with Gasteiger partial charge in [-0.1, -0.05) is 0 Å². The molecule has 0 saturated carbocycles. The first-order valence-corrected chi connectivity index (χ1v) is 6.63. The second-order valence-electron chi connectivity index (χ2n) is 4.64. The maximum atomic E-state index is 12.2. The number of ether oxygens (including phenoxy) is 1. The number of nitrogens with one attached hydrogen (secondary N) is 1. The Morgan fingerprint density at radius 1 is 1.58 bits per heavy atom. The van der Waals surface area contributed by atoms with Crippen molar-refractivity contribution in [2.75, 3.05) is 32.1 Å². The molecule has 0 radical (unpaired) electrons. The number of amides is 1. The number of hydrogen-bond donors (Lipinski definition) is 1. The zero-order valence-electron chi connectivity index (χ0n) is 11.4. The Morgan fingerprint density at radius 2 is 2.42 bits per heavy atom. The van der Waals surface area contributed by atoms with Crippen molar-refractivity contribution < 1.29 is 9.53 Å². The van der Waals surface area contributed by atoms with Crippen LogP contribution >= 0.6 is 0 Å². The number of nitrogens with zero attached hydrogens (tertiary/aromatic N) is 3. The summed E-state index contributed by atoms with van der Waals surface area (Å²) in [6.45, 7) is 4.12. The Labute approximate surface area is 113 Å². The summed E-state index contributed by atoms with van der Waals surface area (Å²) in [5, 5.41) is 3.05. The number of aromatic nitrogens is 2. The van der Waals surface area contributed by atoms with Crippen molar-refractivity contribution in [3.63, 3.8) is 0 Å². The molecule has 1 atom stereocenters. The highest BCUT2D eigenvalue weighted by Gasteiger charge is 2.21. The molecule has 0 aliphatic carbocycles. The zero-order valence-corrected chi connectivity index (χ0v) is 11.4. The summed E-state index contributed by atoms with van der Waals surface area (Å²) in [6, 6.07) is 0. The van der Waals surface area contributed by atoms with Gasteiger partial charge in [0.1, 0.15) is 11.5 Å². The Kier molecular flexibility index (Phi) is 4.68. The van der Waals surface area contributed by atoms with E-state index in [1.54, 1.807) is 18.1 Å². The smallest absolute Gasteiger partial charge is 0.273 e. The first-order valence-electron chi connectivity index (χ1n) is 6.63. The van der Waals surface area contributed by atoms with Crippen LogP contribution in [0.2, 0.25) is 0 Å². The average molecular weight is 264 g/mol. The molecule has 0 spiro atoms. The minimum absolute atomic E-state index is 0.122. The first kappa shape index (κ1) is 13.7. The molecule has 1 aliphatic rings. The Balaban J connectivity index is 1.99. The molecule has 1 aliphatic heterocycles. The van der Waals surface area contributed by atoms with Crippen LogP contribution in [-0.4, -0.2) is 53.6 Å². The van der Waals surface area contributed by atoms with E-state index >= 15 is 0 Å². The van der Waals surface area contributed by atoms with Gasteiger partial charge in [0, 0.05) is 26.7 Å². The highest BCUT2D eigenvalue weighted by atomic mass is 16.5. The molecule has 2 rings (SSSR count). The van der Waals surface area contributed by atoms with E-state index in [1.807, 2.05) is 6.92 Å². The molecule has 1 N–H and O–H groups in total. The van der Waals surface area contributed by atoms with Crippen molar-refractivity contribution in [3.8, 4) is 0 Å². The largest absolute Gasteiger partial charge is 0.376 e. The van der Waals surface area contributed by atoms with Gasteiger partial charge in [-0.3, -0.25) is 9.78 Å². The molecule has 104 valence electrons. The van der Waals surface area contributed by atoms with Gasteiger partial charge in [0.05, 0.1) is 18.5 Å². The lowest BCUT2D eigenvalue weighted by molar-refractivity contribution is 0.0582. The van der Waals surface area contributed by atoms with E-state index in [1.165, 1.54) is 6.20 Å². The summed E-state index contributed by atoms with van der Waals surface area (Å²) in [6.07, 6.45) is 5.34. The van der Waals surface area contributed by atoms with Crippen LogP contribution in [0.1, 0.15) is 30.3 Å². The molecule has 2 heterocycles. The quantitative estimate of drug-likeness (QED) is 0.864. The normalized spacial score (nSPS) is 18.3. The topological polar surface area (TPSA) is 67.4 Å². The second kappa shape index (κ2) is 6.47. The lowest BCUT2D eigenvalue weighted by atomic mass is 10.2. The molecular formula is C13H20N4O2. The van der Waals surface area contributed by atoms with Crippen LogP contribution in [0, 0.1) is 0 Å². The third-order valence-electron chi connectivity index (χ3n) is 3.06.